The summed E-state index contributed by atoms with van der Waals surface area (Å²) in [5.74, 6) is 0. The minimum Gasteiger partial charge on any atom is -0.314 e. The van der Waals surface area contributed by atoms with Crippen molar-refractivity contribution in [2.45, 2.75) is 39.2 Å². The van der Waals surface area contributed by atoms with Crippen LogP contribution in [0.2, 0.25) is 0 Å². The molecule has 1 N–H and O–H groups in total. The molecule has 3 nitrogen and oxygen atoms in total. The van der Waals surface area contributed by atoms with Gasteiger partial charge in [-0.1, -0.05) is 13.8 Å². The van der Waals surface area contributed by atoms with Crippen molar-refractivity contribution >= 4 is 0 Å². The second kappa shape index (κ2) is 10.1. The van der Waals surface area contributed by atoms with Crippen LogP contribution in [0.3, 0.4) is 0 Å². The SMILES string of the molecule is CCNC(CC)CCCN(C)CCN(C)C. The van der Waals surface area contributed by atoms with Crippen LogP contribution >= 0.6 is 0 Å². The highest BCUT2D eigenvalue weighted by Gasteiger charge is 2.05. The van der Waals surface area contributed by atoms with Crippen molar-refractivity contribution < 1.29 is 0 Å². The van der Waals surface area contributed by atoms with Crippen LogP contribution in [0.15, 0.2) is 0 Å². The quantitative estimate of drug-likeness (QED) is 0.614. The molecule has 0 fully saturated rings. The summed E-state index contributed by atoms with van der Waals surface area (Å²) in [6.07, 6.45) is 3.85. The standard InChI is InChI=1S/C13H31N3/c1-6-13(14-7-2)9-8-10-16(5)12-11-15(3)4/h13-14H,6-12H2,1-5H3. The molecule has 0 amide bonds. The first-order valence-electron chi connectivity index (χ1n) is 6.66. The number of likely N-dealkylation sites (N-methyl/N-ethyl adjacent to an activating group) is 2. The summed E-state index contributed by atoms with van der Waals surface area (Å²) < 4.78 is 0. The molecule has 0 spiro atoms. The van der Waals surface area contributed by atoms with Crippen LogP contribution in [0.4, 0.5) is 0 Å². The molecule has 0 bridgehead atoms. The molecule has 0 aromatic carbocycles. The van der Waals surface area contributed by atoms with Gasteiger partial charge in [0, 0.05) is 19.1 Å². The van der Waals surface area contributed by atoms with E-state index in [9.17, 15) is 0 Å². The highest BCUT2D eigenvalue weighted by Crippen LogP contribution is 2.02. The van der Waals surface area contributed by atoms with E-state index in [1.807, 2.05) is 0 Å². The van der Waals surface area contributed by atoms with E-state index in [2.05, 4.69) is 50.1 Å². The van der Waals surface area contributed by atoms with Gasteiger partial charge in [0.2, 0.25) is 0 Å². The Balaban J connectivity index is 3.47. The van der Waals surface area contributed by atoms with E-state index in [0.717, 1.165) is 13.1 Å². The normalized spacial score (nSPS) is 13.7. The molecule has 98 valence electrons. The molecule has 0 heterocycles. The largest absolute Gasteiger partial charge is 0.314 e. The Morgan fingerprint density at radius 2 is 1.69 bits per heavy atom. The van der Waals surface area contributed by atoms with Crippen molar-refractivity contribution in [2.75, 3.05) is 47.3 Å². The molecule has 0 radical (unpaired) electrons. The second-order valence-electron chi connectivity index (χ2n) is 4.91. The van der Waals surface area contributed by atoms with E-state index >= 15 is 0 Å². The molecular weight excluding hydrogens is 198 g/mol. The van der Waals surface area contributed by atoms with Crippen molar-refractivity contribution in [1.29, 1.82) is 0 Å². The maximum Gasteiger partial charge on any atom is 0.0106 e. The third kappa shape index (κ3) is 9.13. The molecule has 0 rings (SSSR count). The molecule has 1 unspecified atom stereocenters. The van der Waals surface area contributed by atoms with Gasteiger partial charge in [-0.2, -0.15) is 0 Å². The summed E-state index contributed by atoms with van der Waals surface area (Å²) >= 11 is 0. The Kier molecular flexibility index (Phi) is 9.99. The summed E-state index contributed by atoms with van der Waals surface area (Å²) in [6.45, 7) is 9.09. The highest BCUT2D eigenvalue weighted by molar-refractivity contribution is 4.65. The van der Waals surface area contributed by atoms with Crippen molar-refractivity contribution in [3.63, 3.8) is 0 Å². The number of hydrogen-bond donors (Lipinski definition) is 1. The lowest BCUT2D eigenvalue weighted by molar-refractivity contribution is 0.273. The summed E-state index contributed by atoms with van der Waals surface area (Å²) in [7, 11) is 6.48. The molecular formula is C13H31N3. The predicted octanol–water partition coefficient (Wildman–Crippen LogP) is 1.65. The smallest absolute Gasteiger partial charge is 0.0106 e. The van der Waals surface area contributed by atoms with Gasteiger partial charge < -0.3 is 15.1 Å². The van der Waals surface area contributed by atoms with E-state index in [4.69, 9.17) is 0 Å². The Hall–Kier alpha value is -0.120. The summed E-state index contributed by atoms with van der Waals surface area (Å²) in [4.78, 5) is 4.67. The van der Waals surface area contributed by atoms with E-state index in [-0.39, 0.29) is 0 Å². The Labute approximate surface area is 102 Å². The molecule has 0 saturated carbocycles. The minimum atomic E-state index is 0.715. The lowest BCUT2D eigenvalue weighted by Gasteiger charge is -2.21. The predicted molar refractivity (Wildman–Crippen MR) is 73.0 cm³/mol. The van der Waals surface area contributed by atoms with Gasteiger partial charge in [0.05, 0.1) is 0 Å². The van der Waals surface area contributed by atoms with E-state index < -0.39 is 0 Å². The van der Waals surface area contributed by atoms with Gasteiger partial charge in [0.15, 0.2) is 0 Å². The summed E-state index contributed by atoms with van der Waals surface area (Å²) in [5.41, 5.74) is 0. The number of nitrogens with one attached hydrogen (secondary N) is 1. The minimum absolute atomic E-state index is 0.715. The maximum absolute atomic E-state index is 3.53. The molecule has 0 saturated heterocycles. The molecule has 0 aliphatic heterocycles. The zero-order valence-electron chi connectivity index (χ0n) is 11.9. The van der Waals surface area contributed by atoms with Crippen LogP contribution in [0.25, 0.3) is 0 Å². The molecule has 1 atom stereocenters. The Morgan fingerprint density at radius 1 is 1.00 bits per heavy atom. The van der Waals surface area contributed by atoms with Gasteiger partial charge in [-0.15, -0.1) is 0 Å². The number of nitrogens with zero attached hydrogens (tertiary/aromatic N) is 2. The van der Waals surface area contributed by atoms with Crippen LogP contribution in [-0.4, -0.2) is 63.2 Å². The molecule has 16 heavy (non-hydrogen) atoms. The van der Waals surface area contributed by atoms with Gasteiger partial charge in [-0.05, 0) is 53.5 Å². The van der Waals surface area contributed by atoms with Gasteiger partial charge >= 0.3 is 0 Å². The van der Waals surface area contributed by atoms with Gasteiger partial charge in [0.1, 0.15) is 0 Å². The maximum atomic E-state index is 3.53. The lowest BCUT2D eigenvalue weighted by atomic mass is 10.1. The third-order valence-corrected chi connectivity index (χ3v) is 3.01. The van der Waals surface area contributed by atoms with Crippen LogP contribution in [0.5, 0.6) is 0 Å². The molecule has 0 aromatic heterocycles. The summed E-state index contributed by atoms with van der Waals surface area (Å²) in [6, 6.07) is 0.715. The summed E-state index contributed by atoms with van der Waals surface area (Å²) in [5, 5.41) is 3.53. The second-order valence-corrected chi connectivity index (χ2v) is 4.91. The first-order chi connectivity index (χ1) is 7.60. The average Bonchev–Trinajstić information content (AvgIpc) is 2.25. The Bertz CT molecular complexity index is 148. The highest BCUT2D eigenvalue weighted by atomic mass is 15.1. The van der Waals surface area contributed by atoms with Crippen molar-refractivity contribution in [3.05, 3.63) is 0 Å². The monoisotopic (exact) mass is 229 g/mol. The molecule has 0 aromatic rings. The van der Waals surface area contributed by atoms with Crippen LogP contribution in [-0.2, 0) is 0 Å². The van der Waals surface area contributed by atoms with Crippen molar-refractivity contribution in [2.24, 2.45) is 0 Å². The van der Waals surface area contributed by atoms with Crippen molar-refractivity contribution in [1.82, 2.24) is 15.1 Å². The van der Waals surface area contributed by atoms with Crippen LogP contribution in [0, 0.1) is 0 Å². The number of hydrogen-bond acceptors (Lipinski definition) is 3. The molecule has 3 heteroatoms. The zero-order chi connectivity index (χ0) is 12.4. The van der Waals surface area contributed by atoms with Gasteiger partial charge in [-0.3, -0.25) is 0 Å². The lowest BCUT2D eigenvalue weighted by Crippen LogP contribution is -2.32. The third-order valence-electron chi connectivity index (χ3n) is 3.01. The van der Waals surface area contributed by atoms with Crippen LogP contribution < -0.4 is 5.32 Å². The molecule has 0 aliphatic rings. The fourth-order valence-corrected chi connectivity index (χ4v) is 1.83. The fraction of sp³-hybridized carbons (Fsp3) is 1.00. The van der Waals surface area contributed by atoms with Crippen molar-refractivity contribution in [3.8, 4) is 0 Å². The molecule has 0 aliphatic carbocycles. The zero-order valence-corrected chi connectivity index (χ0v) is 11.9. The first-order valence-corrected chi connectivity index (χ1v) is 6.66. The van der Waals surface area contributed by atoms with E-state index in [1.165, 1.54) is 32.4 Å². The van der Waals surface area contributed by atoms with E-state index in [0.29, 0.717) is 6.04 Å². The fourth-order valence-electron chi connectivity index (χ4n) is 1.83. The van der Waals surface area contributed by atoms with Gasteiger partial charge in [-0.25, -0.2) is 0 Å². The van der Waals surface area contributed by atoms with Crippen LogP contribution in [0.1, 0.15) is 33.1 Å². The average molecular weight is 229 g/mol. The number of rotatable bonds is 10. The van der Waals surface area contributed by atoms with E-state index in [1.54, 1.807) is 0 Å². The van der Waals surface area contributed by atoms with Gasteiger partial charge in [0.25, 0.3) is 0 Å². The topological polar surface area (TPSA) is 18.5 Å². The first kappa shape index (κ1) is 15.9. The Morgan fingerprint density at radius 3 is 2.19 bits per heavy atom.